The summed E-state index contributed by atoms with van der Waals surface area (Å²) in [7, 11) is 0. The van der Waals surface area contributed by atoms with E-state index in [0.29, 0.717) is 30.8 Å². The highest BCUT2D eigenvalue weighted by atomic mass is 35.5. The Balaban J connectivity index is 1.47. The van der Waals surface area contributed by atoms with Crippen LogP contribution in [0.4, 0.5) is 0 Å². The number of carbonyl (C=O) groups excluding carboxylic acids is 1. The average molecular weight is 329 g/mol. The van der Waals surface area contributed by atoms with Crippen LogP contribution in [0, 0.1) is 0 Å². The zero-order valence-electron chi connectivity index (χ0n) is 12.6. The predicted molar refractivity (Wildman–Crippen MR) is 89.5 cm³/mol. The van der Waals surface area contributed by atoms with Crippen molar-refractivity contribution in [3.05, 3.63) is 65.1 Å². The summed E-state index contributed by atoms with van der Waals surface area (Å²) in [6.45, 7) is 0.539. The van der Waals surface area contributed by atoms with E-state index in [-0.39, 0.29) is 5.91 Å². The second kappa shape index (κ2) is 7.24. The highest BCUT2D eigenvalue weighted by Crippen LogP contribution is 2.16. The highest BCUT2D eigenvalue weighted by Gasteiger charge is 2.07. The lowest BCUT2D eigenvalue weighted by atomic mass is 10.1. The minimum absolute atomic E-state index is 0.0127. The van der Waals surface area contributed by atoms with Gasteiger partial charge >= 0.3 is 0 Å². The molecule has 0 aliphatic carbocycles. The van der Waals surface area contributed by atoms with Gasteiger partial charge in [0.15, 0.2) is 5.65 Å². The number of aromatic nitrogens is 3. The quantitative estimate of drug-likeness (QED) is 0.757. The Labute approximate surface area is 139 Å². The van der Waals surface area contributed by atoms with Crippen molar-refractivity contribution in [3.8, 4) is 0 Å². The van der Waals surface area contributed by atoms with Crippen molar-refractivity contribution in [3.63, 3.8) is 0 Å². The number of hydrogen-bond acceptors (Lipinski definition) is 3. The topological polar surface area (TPSA) is 59.3 Å². The molecule has 5 nitrogen and oxygen atoms in total. The fourth-order valence-corrected chi connectivity index (χ4v) is 2.64. The maximum absolute atomic E-state index is 11.9. The average Bonchev–Trinajstić information content (AvgIpc) is 2.98. The smallest absolute Gasteiger partial charge is 0.220 e. The Hall–Kier alpha value is -2.40. The Bertz CT molecular complexity index is 815. The van der Waals surface area contributed by atoms with Gasteiger partial charge in [-0.05, 0) is 30.2 Å². The van der Waals surface area contributed by atoms with Gasteiger partial charge in [0.1, 0.15) is 5.82 Å². The molecule has 2 heterocycles. The molecule has 0 radical (unpaired) electrons. The number of nitrogens with zero attached hydrogens (tertiary/aromatic N) is 3. The molecule has 1 aromatic carbocycles. The van der Waals surface area contributed by atoms with Crippen molar-refractivity contribution >= 4 is 23.2 Å². The second-order valence-corrected chi connectivity index (χ2v) is 5.64. The molecule has 0 aliphatic heterocycles. The molecular weight excluding hydrogens is 312 g/mol. The fourth-order valence-electron chi connectivity index (χ4n) is 2.41. The lowest BCUT2D eigenvalue weighted by molar-refractivity contribution is -0.121. The monoisotopic (exact) mass is 328 g/mol. The lowest BCUT2D eigenvalue weighted by Gasteiger charge is -2.06. The number of hydrogen-bond donors (Lipinski definition) is 1. The van der Waals surface area contributed by atoms with Crippen LogP contribution in [0.25, 0.3) is 5.65 Å². The molecule has 23 heavy (non-hydrogen) atoms. The van der Waals surface area contributed by atoms with E-state index in [1.165, 1.54) is 0 Å². The molecule has 0 saturated heterocycles. The molecule has 6 heteroatoms. The Morgan fingerprint density at radius 3 is 2.78 bits per heavy atom. The third-order valence-electron chi connectivity index (χ3n) is 3.63. The molecular formula is C17H17ClN4O. The number of rotatable bonds is 6. The van der Waals surface area contributed by atoms with Gasteiger partial charge < -0.3 is 5.32 Å². The summed E-state index contributed by atoms with van der Waals surface area (Å²) in [5.41, 5.74) is 1.81. The molecule has 3 rings (SSSR count). The Morgan fingerprint density at radius 1 is 1.09 bits per heavy atom. The lowest BCUT2D eigenvalue weighted by Crippen LogP contribution is -2.26. The normalized spacial score (nSPS) is 10.8. The molecule has 0 fully saturated rings. The van der Waals surface area contributed by atoms with Crippen LogP contribution in [-0.4, -0.2) is 27.0 Å². The molecule has 0 atom stereocenters. The Kier molecular flexibility index (Phi) is 4.88. The summed E-state index contributed by atoms with van der Waals surface area (Å²) in [6, 6.07) is 13.3. The molecule has 1 amide bonds. The van der Waals surface area contributed by atoms with E-state index in [0.717, 1.165) is 17.0 Å². The van der Waals surface area contributed by atoms with Gasteiger partial charge in [-0.1, -0.05) is 35.9 Å². The van der Waals surface area contributed by atoms with Gasteiger partial charge in [-0.3, -0.25) is 9.20 Å². The number of carbonyl (C=O) groups is 1. The van der Waals surface area contributed by atoms with Crippen LogP contribution in [0.3, 0.4) is 0 Å². The van der Waals surface area contributed by atoms with Gasteiger partial charge in [-0.25, -0.2) is 0 Å². The van der Waals surface area contributed by atoms with Crippen LogP contribution in [0.2, 0.25) is 5.02 Å². The summed E-state index contributed by atoms with van der Waals surface area (Å²) < 4.78 is 1.93. The van der Waals surface area contributed by atoms with Crippen molar-refractivity contribution < 1.29 is 4.79 Å². The van der Waals surface area contributed by atoms with Crippen molar-refractivity contribution in [2.45, 2.75) is 19.3 Å². The predicted octanol–water partition coefficient (Wildman–Crippen LogP) is 2.67. The first kappa shape index (κ1) is 15.5. The molecule has 0 saturated carbocycles. The zero-order chi connectivity index (χ0) is 16.1. The molecule has 1 N–H and O–H groups in total. The summed E-state index contributed by atoms with van der Waals surface area (Å²) in [6.07, 6.45) is 3.62. The van der Waals surface area contributed by atoms with Gasteiger partial charge in [0.25, 0.3) is 0 Å². The van der Waals surface area contributed by atoms with E-state index in [2.05, 4.69) is 15.5 Å². The van der Waals surface area contributed by atoms with Gasteiger partial charge in [-0.15, -0.1) is 10.2 Å². The number of aryl methyl sites for hydroxylation is 1. The van der Waals surface area contributed by atoms with E-state index in [1.807, 2.05) is 53.1 Å². The van der Waals surface area contributed by atoms with Crippen LogP contribution in [0.5, 0.6) is 0 Å². The number of pyridine rings is 1. The van der Waals surface area contributed by atoms with Gasteiger partial charge in [0.2, 0.25) is 5.91 Å². The minimum atomic E-state index is 0.0127. The molecule has 0 bridgehead atoms. The summed E-state index contributed by atoms with van der Waals surface area (Å²) in [4.78, 5) is 11.9. The number of benzene rings is 1. The van der Waals surface area contributed by atoms with Crippen molar-refractivity contribution in [1.29, 1.82) is 0 Å². The van der Waals surface area contributed by atoms with Crippen molar-refractivity contribution in [2.75, 3.05) is 6.54 Å². The number of halogens is 1. The third-order valence-corrected chi connectivity index (χ3v) is 4.00. The van der Waals surface area contributed by atoms with Gasteiger partial charge in [0.05, 0.1) is 0 Å². The van der Waals surface area contributed by atoms with Crippen LogP contribution in [0.1, 0.15) is 17.8 Å². The number of nitrogens with one attached hydrogen (secondary N) is 1. The first-order chi connectivity index (χ1) is 11.2. The van der Waals surface area contributed by atoms with Crippen molar-refractivity contribution in [1.82, 2.24) is 19.9 Å². The standard InChI is InChI=1S/C17H17ClN4O/c18-14-6-2-1-5-13(14)8-9-17(23)19-11-10-16-21-20-15-7-3-4-12-22(15)16/h1-7,12H,8-11H2,(H,19,23). The minimum Gasteiger partial charge on any atom is -0.356 e. The van der Waals surface area contributed by atoms with Gasteiger partial charge in [-0.2, -0.15) is 0 Å². The SMILES string of the molecule is O=C(CCc1ccccc1Cl)NCCc1nnc2ccccn12. The third kappa shape index (κ3) is 3.87. The van der Waals surface area contributed by atoms with Crippen LogP contribution >= 0.6 is 11.6 Å². The molecule has 0 unspecified atom stereocenters. The molecule has 3 aromatic rings. The summed E-state index contributed by atoms with van der Waals surface area (Å²) >= 11 is 6.09. The fraction of sp³-hybridized carbons (Fsp3) is 0.235. The maximum atomic E-state index is 11.9. The van der Waals surface area contributed by atoms with Gasteiger partial charge in [0, 0.05) is 30.6 Å². The maximum Gasteiger partial charge on any atom is 0.220 e. The highest BCUT2D eigenvalue weighted by molar-refractivity contribution is 6.31. The van der Waals surface area contributed by atoms with Crippen LogP contribution in [-0.2, 0) is 17.6 Å². The van der Waals surface area contributed by atoms with Crippen LogP contribution < -0.4 is 5.32 Å². The summed E-state index contributed by atoms with van der Waals surface area (Å²) in [5.74, 6) is 0.853. The first-order valence-electron chi connectivity index (χ1n) is 7.53. The first-order valence-corrected chi connectivity index (χ1v) is 7.90. The molecule has 0 aliphatic rings. The molecule has 2 aromatic heterocycles. The van der Waals surface area contributed by atoms with Crippen molar-refractivity contribution in [2.24, 2.45) is 0 Å². The molecule has 118 valence electrons. The summed E-state index contributed by atoms with van der Waals surface area (Å²) in [5, 5.41) is 11.8. The largest absolute Gasteiger partial charge is 0.356 e. The van der Waals surface area contributed by atoms with E-state index < -0.39 is 0 Å². The van der Waals surface area contributed by atoms with Crippen LogP contribution in [0.15, 0.2) is 48.7 Å². The van der Waals surface area contributed by atoms with E-state index in [1.54, 1.807) is 0 Å². The second-order valence-electron chi connectivity index (χ2n) is 5.24. The Morgan fingerprint density at radius 2 is 1.91 bits per heavy atom. The van der Waals surface area contributed by atoms with E-state index >= 15 is 0 Å². The van der Waals surface area contributed by atoms with E-state index in [9.17, 15) is 4.79 Å². The number of amides is 1. The molecule has 0 spiro atoms. The van der Waals surface area contributed by atoms with E-state index in [4.69, 9.17) is 11.6 Å². The number of fused-ring (bicyclic) bond motifs is 1. The zero-order valence-corrected chi connectivity index (χ0v) is 13.3.